The van der Waals surface area contributed by atoms with Crippen LogP contribution in [0.5, 0.6) is 0 Å². The third-order valence-corrected chi connectivity index (χ3v) is 4.11. The van der Waals surface area contributed by atoms with Gasteiger partial charge in [0.05, 0.1) is 12.1 Å². The second kappa shape index (κ2) is 10.9. The van der Waals surface area contributed by atoms with E-state index in [4.69, 9.17) is 16.7 Å². The Morgan fingerprint density at radius 2 is 2.30 bits per heavy atom. The summed E-state index contributed by atoms with van der Waals surface area (Å²) in [6.45, 7) is 0.858. The van der Waals surface area contributed by atoms with Crippen molar-refractivity contribution in [2.24, 2.45) is 16.5 Å². The molecule has 1 rings (SSSR count). The fourth-order valence-corrected chi connectivity index (χ4v) is 2.93. The maximum absolute atomic E-state index is 12.1. The van der Waals surface area contributed by atoms with Crippen LogP contribution >= 0.6 is 24.2 Å². The standard InChI is InChI=1S/C11H19N7O3S.ClH/c12-7-9-17(5-6-22-9)10(19)8(13)3-1-2-4-15-11(14)16-18(20)21;/h8-9H,1-6,13H2,(H3,14,15,16);1H/t8-,9+;/m0./s1. The molecule has 2 atom stereocenters. The first kappa shape index (κ1) is 21.2. The van der Waals surface area contributed by atoms with Crippen molar-refractivity contribution in [3.05, 3.63) is 10.1 Å². The van der Waals surface area contributed by atoms with Crippen LogP contribution in [0.3, 0.4) is 0 Å². The minimum absolute atomic E-state index is 0. The van der Waals surface area contributed by atoms with Crippen LogP contribution in [-0.2, 0) is 4.79 Å². The molecule has 12 heteroatoms. The van der Waals surface area contributed by atoms with E-state index in [0.717, 1.165) is 5.75 Å². The summed E-state index contributed by atoms with van der Waals surface area (Å²) < 4.78 is 0. The Kier molecular flexibility index (Phi) is 10.0. The number of amides is 1. The first-order chi connectivity index (χ1) is 10.5. The van der Waals surface area contributed by atoms with Crippen LogP contribution in [0.15, 0.2) is 4.99 Å². The van der Waals surface area contributed by atoms with Gasteiger partial charge in [-0.25, -0.2) is 15.1 Å². The zero-order valence-corrected chi connectivity index (χ0v) is 14.0. The third-order valence-electron chi connectivity index (χ3n) is 3.01. The Morgan fingerprint density at radius 3 is 2.91 bits per heavy atom. The zero-order chi connectivity index (χ0) is 16.5. The number of rotatable bonds is 7. The molecule has 1 aliphatic rings. The molecule has 0 saturated carbocycles. The molecule has 0 aliphatic carbocycles. The number of carbonyl (C=O) groups is 1. The average molecular weight is 366 g/mol. The van der Waals surface area contributed by atoms with Gasteiger partial charge in [-0.1, -0.05) is 5.43 Å². The highest BCUT2D eigenvalue weighted by atomic mass is 35.5. The van der Waals surface area contributed by atoms with Crippen molar-refractivity contribution in [1.29, 1.82) is 5.26 Å². The van der Waals surface area contributed by atoms with Crippen LogP contribution in [0.25, 0.3) is 0 Å². The lowest BCUT2D eigenvalue weighted by molar-refractivity contribution is -0.525. The van der Waals surface area contributed by atoms with Crippen molar-refractivity contribution in [1.82, 2.24) is 10.3 Å². The summed E-state index contributed by atoms with van der Waals surface area (Å²) in [6, 6.07) is 1.43. The Balaban J connectivity index is 0.00000484. The molecular weight excluding hydrogens is 346 g/mol. The van der Waals surface area contributed by atoms with E-state index in [1.807, 2.05) is 0 Å². The van der Waals surface area contributed by atoms with Crippen molar-refractivity contribution in [3.63, 3.8) is 0 Å². The van der Waals surface area contributed by atoms with Crippen molar-refractivity contribution < 1.29 is 9.83 Å². The number of hydrogen-bond acceptors (Lipinski definition) is 7. The van der Waals surface area contributed by atoms with Gasteiger partial charge in [0.25, 0.3) is 5.96 Å². The number of nitrogens with two attached hydrogens (primary N) is 2. The van der Waals surface area contributed by atoms with Gasteiger partial charge in [0, 0.05) is 18.8 Å². The highest BCUT2D eigenvalue weighted by Crippen LogP contribution is 2.23. The highest BCUT2D eigenvalue weighted by molar-refractivity contribution is 8.00. The Morgan fingerprint density at radius 1 is 1.61 bits per heavy atom. The number of unbranched alkanes of at least 4 members (excludes halogenated alkanes) is 1. The number of nitro groups is 1. The lowest BCUT2D eigenvalue weighted by Gasteiger charge is -2.22. The number of guanidine groups is 1. The average Bonchev–Trinajstić information content (AvgIpc) is 2.93. The molecule has 1 amide bonds. The van der Waals surface area contributed by atoms with E-state index in [9.17, 15) is 14.9 Å². The number of carbonyl (C=O) groups excluding carboxylic acids is 1. The number of hydrogen-bond donors (Lipinski definition) is 3. The fraction of sp³-hybridized carbons (Fsp3) is 0.727. The number of nitrogens with zero attached hydrogens (tertiary/aromatic N) is 4. The quantitative estimate of drug-likeness (QED) is 0.177. The predicted molar refractivity (Wildman–Crippen MR) is 89.3 cm³/mol. The van der Waals surface area contributed by atoms with Gasteiger partial charge in [-0.05, 0) is 19.3 Å². The molecule has 1 aliphatic heterocycles. The molecule has 0 spiro atoms. The third kappa shape index (κ3) is 7.36. The van der Waals surface area contributed by atoms with Gasteiger partial charge in [-0.15, -0.1) is 24.2 Å². The molecule has 1 heterocycles. The second-order valence-electron chi connectivity index (χ2n) is 4.62. The largest absolute Gasteiger partial charge is 0.365 e. The number of halogens is 1. The van der Waals surface area contributed by atoms with E-state index < -0.39 is 16.4 Å². The van der Waals surface area contributed by atoms with Crippen molar-refractivity contribution >= 4 is 36.0 Å². The Bertz CT molecular complexity index is 485. The molecule has 0 aromatic heterocycles. The number of nitriles is 1. The van der Waals surface area contributed by atoms with E-state index in [2.05, 4.69) is 11.1 Å². The molecule has 23 heavy (non-hydrogen) atoms. The SMILES string of the molecule is Cl.N#C[C@H]1SCCN1C(=O)[C@@H](N)CCCCN=C(N)N[N+](=O)[O-]. The van der Waals surface area contributed by atoms with Crippen molar-refractivity contribution in [3.8, 4) is 6.07 Å². The molecule has 10 nitrogen and oxygen atoms in total. The molecule has 0 bridgehead atoms. The van der Waals surface area contributed by atoms with Gasteiger partial charge in [0.15, 0.2) is 10.4 Å². The number of aliphatic imine (C=N–C) groups is 1. The molecular formula is C11H20ClN7O3S. The summed E-state index contributed by atoms with van der Waals surface area (Å²) in [6.07, 6.45) is 1.72. The summed E-state index contributed by atoms with van der Waals surface area (Å²) in [5.74, 6) is 0.277. The van der Waals surface area contributed by atoms with Gasteiger partial charge in [0.1, 0.15) is 0 Å². The summed E-state index contributed by atoms with van der Waals surface area (Å²) in [5.41, 5.74) is 12.8. The van der Waals surface area contributed by atoms with Gasteiger partial charge >= 0.3 is 0 Å². The molecule has 130 valence electrons. The van der Waals surface area contributed by atoms with E-state index in [1.54, 1.807) is 5.43 Å². The van der Waals surface area contributed by atoms with Crippen LogP contribution in [0.4, 0.5) is 0 Å². The summed E-state index contributed by atoms with van der Waals surface area (Å²) in [4.78, 5) is 27.5. The first-order valence-electron chi connectivity index (χ1n) is 6.74. The van der Waals surface area contributed by atoms with Crippen LogP contribution in [-0.4, -0.2) is 52.1 Å². The topological polar surface area (TPSA) is 164 Å². The van der Waals surface area contributed by atoms with Gasteiger partial charge in [0.2, 0.25) is 5.91 Å². The number of hydrazine groups is 1. The van der Waals surface area contributed by atoms with E-state index in [1.165, 1.54) is 16.7 Å². The second-order valence-corrected chi connectivity index (χ2v) is 5.81. The van der Waals surface area contributed by atoms with Crippen LogP contribution in [0.2, 0.25) is 0 Å². The highest BCUT2D eigenvalue weighted by Gasteiger charge is 2.31. The van der Waals surface area contributed by atoms with Crippen molar-refractivity contribution in [2.45, 2.75) is 30.7 Å². The van der Waals surface area contributed by atoms with E-state index in [-0.39, 0.29) is 24.3 Å². The molecule has 1 fully saturated rings. The van der Waals surface area contributed by atoms with Crippen LogP contribution in [0, 0.1) is 21.4 Å². The van der Waals surface area contributed by atoms with Gasteiger partial charge in [-0.2, -0.15) is 5.26 Å². The smallest absolute Gasteiger partial charge is 0.251 e. The molecule has 0 aromatic carbocycles. The number of nitrogens with one attached hydrogen (secondary N) is 1. The molecule has 0 aromatic rings. The van der Waals surface area contributed by atoms with Gasteiger partial charge in [-0.3, -0.25) is 4.79 Å². The summed E-state index contributed by atoms with van der Waals surface area (Å²) in [5, 5.41) is 17.8. The Hall–Kier alpha value is -1.77. The first-order valence-corrected chi connectivity index (χ1v) is 7.79. The monoisotopic (exact) mass is 365 g/mol. The Labute approximate surface area is 144 Å². The summed E-state index contributed by atoms with van der Waals surface area (Å²) in [7, 11) is 0. The lowest BCUT2D eigenvalue weighted by atomic mass is 10.1. The maximum Gasteiger partial charge on any atom is 0.251 e. The van der Waals surface area contributed by atoms with Crippen molar-refractivity contribution in [2.75, 3.05) is 18.8 Å². The number of thioether (sulfide) groups is 1. The zero-order valence-electron chi connectivity index (χ0n) is 12.4. The minimum Gasteiger partial charge on any atom is -0.365 e. The van der Waals surface area contributed by atoms with Crippen LogP contribution < -0.4 is 16.9 Å². The van der Waals surface area contributed by atoms with Gasteiger partial charge < -0.3 is 16.4 Å². The predicted octanol–water partition coefficient (Wildman–Crippen LogP) is -0.573. The molecule has 1 saturated heterocycles. The van der Waals surface area contributed by atoms with Crippen LogP contribution in [0.1, 0.15) is 19.3 Å². The van der Waals surface area contributed by atoms with E-state index in [0.29, 0.717) is 32.4 Å². The molecule has 0 unspecified atom stereocenters. The fourth-order valence-electron chi connectivity index (χ4n) is 1.94. The summed E-state index contributed by atoms with van der Waals surface area (Å²) >= 11 is 1.43. The minimum atomic E-state index is -0.785. The lowest BCUT2D eigenvalue weighted by Crippen LogP contribution is -2.45. The molecule has 5 N–H and O–H groups in total. The normalized spacial score (nSPS) is 18.7. The van der Waals surface area contributed by atoms with E-state index >= 15 is 0 Å². The maximum atomic E-state index is 12.1. The molecule has 0 radical (unpaired) electrons.